The van der Waals surface area contributed by atoms with Crippen molar-refractivity contribution in [1.29, 1.82) is 0 Å². The molecular weight excluding hydrogens is 438 g/mol. The normalized spacial score (nSPS) is 10.9. The maximum absolute atomic E-state index is 11.1. The van der Waals surface area contributed by atoms with Crippen LogP contribution in [0.5, 0.6) is 28.7 Å². The SMILES string of the molecule is Cc1ccc(O)c(N(c2ccccc2Oc2c(C)ccc(O)c2C)c2c(O)ccc(C)c2C)c1C. The van der Waals surface area contributed by atoms with Gasteiger partial charge in [-0.25, -0.2) is 0 Å². The highest BCUT2D eigenvalue weighted by Crippen LogP contribution is 2.51. The Morgan fingerprint density at radius 2 is 1.03 bits per heavy atom. The molecule has 0 heterocycles. The molecule has 0 radical (unpaired) electrons. The largest absolute Gasteiger partial charge is 0.508 e. The minimum Gasteiger partial charge on any atom is -0.508 e. The summed E-state index contributed by atoms with van der Waals surface area (Å²) in [5.41, 5.74) is 7.05. The zero-order valence-electron chi connectivity index (χ0n) is 21.0. The molecular formula is C30H31NO4. The summed E-state index contributed by atoms with van der Waals surface area (Å²) in [6.07, 6.45) is 0. The number of anilines is 3. The minimum atomic E-state index is 0.0907. The lowest BCUT2D eigenvalue weighted by Gasteiger charge is -2.32. The molecule has 180 valence electrons. The maximum atomic E-state index is 11.1. The van der Waals surface area contributed by atoms with E-state index in [1.54, 1.807) is 18.2 Å². The zero-order chi connectivity index (χ0) is 25.4. The molecule has 0 aliphatic carbocycles. The molecule has 0 saturated heterocycles. The number of hydrogen-bond acceptors (Lipinski definition) is 5. The number of nitrogens with zero attached hydrogens (tertiary/aromatic N) is 1. The van der Waals surface area contributed by atoms with E-state index < -0.39 is 0 Å². The van der Waals surface area contributed by atoms with Gasteiger partial charge in [-0.2, -0.15) is 0 Å². The van der Waals surface area contributed by atoms with Crippen molar-refractivity contribution in [1.82, 2.24) is 0 Å². The molecule has 0 saturated carbocycles. The van der Waals surface area contributed by atoms with E-state index in [-0.39, 0.29) is 17.2 Å². The first-order valence-corrected chi connectivity index (χ1v) is 11.6. The average molecular weight is 470 g/mol. The third-order valence-electron chi connectivity index (χ3n) is 6.70. The van der Waals surface area contributed by atoms with Crippen LogP contribution in [-0.2, 0) is 0 Å². The van der Waals surface area contributed by atoms with E-state index in [1.165, 1.54) is 0 Å². The van der Waals surface area contributed by atoms with Gasteiger partial charge in [-0.3, -0.25) is 4.90 Å². The van der Waals surface area contributed by atoms with Crippen molar-refractivity contribution >= 4 is 17.1 Å². The van der Waals surface area contributed by atoms with Crippen molar-refractivity contribution in [3.8, 4) is 28.7 Å². The van der Waals surface area contributed by atoms with Crippen LogP contribution in [0.1, 0.15) is 33.4 Å². The number of ether oxygens (including phenoxy) is 1. The molecule has 35 heavy (non-hydrogen) atoms. The predicted molar refractivity (Wildman–Crippen MR) is 141 cm³/mol. The molecule has 0 unspecified atom stereocenters. The van der Waals surface area contributed by atoms with Crippen molar-refractivity contribution in [3.05, 3.63) is 94.0 Å². The van der Waals surface area contributed by atoms with E-state index in [2.05, 4.69) is 0 Å². The summed E-state index contributed by atoms with van der Waals surface area (Å²) in [4.78, 5) is 1.86. The summed E-state index contributed by atoms with van der Waals surface area (Å²) >= 11 is 0. The summed E-state index contributed by atoms with van der Waals surface area (Å²) in [6, 6.07) is 18.0. The zero-order valence-corrected chi connectivity index (χ0v) is 21.0. The van der Waals surface area contributed by atoms with Gasteiger partial charge >= 0.3 is 0 Å². The molecule has 0 spiro atoms. The predicted octanol–water partition coefficient (Wildman–Crippen LogP) is 7.92. The van der Waals surface area contributed by atoms with E-state index in [0.29, 0.717) is 34.1 Å². The van der Waals surface area contributed by atoms with Crippen LogP contribution in [0, 0.1) is 41.5 Å². The Kier molecular flexibility index (Phi) is 6.35. The molecule has 5 heteroatoms. The lowest BCUT2D eigenvalue weighted by atomic mass is 10.0. The van der Waals surface area contributed by atoms with Crippen LogP contribution in [0.4, 0.5) is 17.1 Å². The standard InChI is InChI=1S/C30H31NO4/c1-17-11-15-25(33)28(20(17)4)31(29-21(5)18(2)12-16-26(29)34)23-9-7-8-10-27(23)35-30-19(3)13-14-24(32)22(30)6/h7-16,32-34H,1-6H3. The molecule has 0 fully saturated rings. The van der Waals surface area contributed by atoms with Gasteiger partial charge in [0.1, 0.15) is 23.0 Å². The number of aromatic hydroxyl groups is 3. The van der Waals surface area contributed by atoms with Crippen molar-refractivity contribution in [2.24, 2.45) is 0 Å². The van der Waals surface area contributed by atoms with E-state index in [9.17, 15) is 15.3 Å². The Balaban J connectivity index is 2.04. The number of rotatable bonds is 5. The van der Waals surface area contributed by atoms with Crippen LogP contribution >= 0.6 is 0 Å². The van der Waals surface area contributed by atoms with E-state index in [1.807, 2.05) is 88.9 Å². The van der Waals surface area contributed by atoms with Crippen molar-refractivity contribution in [3.63, 3.8) is 0 Å². The molecule has 0 aliphatic heterocycles. The first kappa shape index (κ1) is 24.0. The highest BCUT2D eigenvalue weighted by atomic mass is 16.5. The van der Waals surface area contributed by atoms with Gasteiger partial charge < -0.3 is 20.1 Å². The van der Waals surface area contributed by atoms with Gasteiger partial charge in [0.2, 0.25) is 0 Å². The molecule has 0 atom stereocenters. The number of phenolic OH excluding ortho intramolecular Hbond substituents is 3. The number of benzene rings is 4. The fourth-order valence-corrected chi connectivity index (χ4v) is 4.30. The van der Waals surface area contributed by atoms with Gasteiger partial charge in [-0.15, -0.1) is 0 Å². The third kappa shape index (κ3) is 4.26. The van der Waals surface area contributed by atoms with Crippen LogP contribution < -0.4 is 9.64 Å². The fourth-order valence-electron chi connectivity index (χ4n) is 4.30. The van der Waals surface area contributed by atoms with Gasteiger partial charge in [0.25, 0.3) is 0 Å². The summed E-state index contributed by atoms with van der Waals surface area (Å²) in [6.45, 7) is 11.6. The van der Waals surface area contributed by atoms with Gasteiger partial charge in [-0.1, -0.05) is 30.3 Å². The second-order valence-electron chi connectivity index (χ2n) is 9.01. The average Bonchev–Trinajstić information content (AvgIpc) is 2.83. The number of aryl methyl sites for hydroxylation is 3. The summed E-state index contributed by atoms with van der Waals surface area (Å²) in [7, 11) is 0. The van der Waals surface area contributed by atoms with Crippen LogP contribution in [-0.4, -0.2) is 15.3 Å². The lowest BCUT2D eigenvalue weighted by molar-refractivity contribution is 0.446. The molecule has 5 nitrogen and oxygen atoms in total. The first-order chi connectivity index (χ1) is 16.6. The fraction of sp³-hybridized carbons (Fsp3) is 0.200. The van der Waals surface area contributed by atoms with Crippen LogP contribution in [0.25, 0.3) is 0 Å². The van der Waals surface area contributed by atoms with Crippen LogP contribution in [0.15, 0.2) is 60.7 Å². The van der Waals surface area contributed by atoms with Crippen LogP contribution in [0.2, 0.25) is 0 Å². The van der Waals surface area contributed by atoms with E-state index in [0.717, 1.165) is 27.8 Å². The second kappa shape index (κ2) is 9.26. The first-order valence-electron chi connectivity index (χ1n) is 11.6. The molecule has 0 aromatic heterocycles. The maximum Gasteiger partial charge on any atom is 0.151 e. The smallest absolute Gasteiger partial charge is 0.151 e. The highest BCUT2D eigenvalue weighted by molar-refractivity contribution is 5.89. The Bertz CT molecular complexity index is 1370. The van der Waals surface area contributed by atoms with Crippen LogP contribution in [0.3, 0.4) is 0 Å². The molecule has 4 aromatic carbocycles. The Labute approximate surface area is 206 Å². The molecule has 0 amide bonds. The Morgan fingerprint density at radius 1 is 0.543 bits per heavy atom. The number of hydrogen-bond donors (Lipinski definition) is 3. The number of para-hydroxylation sites is 2. The third-order valence-corrected chi connectivity index (χ3v) is 6.70. The summed E-state index contributed by atoms with van der Waals surface area (Å²) in [5, 5.41) is 32.4. The molecule has 3 N–H and O–H groups in total. The summed E-state index contributed by atoms with van der Waals surface area (Å²) < 4.78 is 6.43. The Hall–Kier alpha value is -4.12. The summed E-state index contributed by atoms with van der Waals surface area (Å²) in [5.74, 6) is 1.41. The quantitative estimate of drug-likeness (QED) is 0.277. The van der Waals surface area contributed by atoms with E-state index in [4.69, 9.17) is 4.74 Å². The van der Waals surface area contributed by atoms with Gasteiger partial charge in [-0.05, 0) is 99.7 Å². The van der Waals surface area contributed by atoms with Gasteiger partial charge in [0.05, 0.1) is 17.1 Å². The molecule has 4 aromatic rings. The monoisotopic (exact) mass is 469 g/mol. The van der Waals surface area contributed by atoms with Crippen molar-refractivity contribution < 1.29 is 20.1 Å². The second-order valence-corrected chi connectivity index (χ2v) is 9.01. The minimum absolute atomic E-state index is 0.0907. The highest BCUT2D eigenvalue weighted by Gasteiger charge is 2.27. The molecule has 0 bridgehead atoms. The number of phenols is 3. The molecule has 0 aliphatic rings. The van der Waals surface area contributed by atoms with Gasteiger partial charge in [0, 0.05) is 5.56 Å². The lowest BCUT2D eigenvalue weighted by Crippen LogP contribution is -2.15. The molecule has 4 rings (SSSR count). The topological polar surface area (TPSA) is 73.2 Å². The van der Waals surface area contributed by atoms with E-state index >= 15 is 0 Å². The van der Waals surface area contributed by atoms with Gasteiger partial charge in [0.15, 0.2) is 5.75 Å². The van der Waals surface area contributed by atoms with Crippen molar-refractivity contribution in [2.45, 2.75) is 41.5 Å². The van der Waals surface area contributed by atoms with Crippen molar-refractivity contribution in [2.75, 3.05) is 4.90 Å². The Morgan fingerprint density at radius 3 is 1.60 bits per heavy atom.